The molecule has 178 valence electrons. The van der Waals surface area contributed by atoms with E-state index in [1.165, 1.54) is 16.8 Å². The Morgan fingerprint density at radius 2 is 1.68 bits per heavy atom. The average Bonchev–Trinajstić information content (AvgIpc) is 2.80. The number of halogens is 3. The van der Waals surface area contributed by atoms with E-state index >= 15 is 0 Å². The predicted molar refractivity (Wildman–Crippen MR) is 139 cm³/mol. The zero-order chi connectivity index (χ0) is 24.8. The molecule has 1 unspecified atom stereocenters. The lowest BCUT2D eigenvalue weighted by Crippen LogP contribution is -2.43. The molecule has 0 spiro atoms. The number of ether oxygens (including phenoxy) is 1. The molecule has 0 aromatic heterocycles. The van der Waals surface area contributed by atoms with Crippen LogP contribution in [0.5, 0.6) is 11.5 Å². The third-order valence-corrected chi connectivity index (χ3v) is 6.50. The minimum Gasteiger partial charge on any atom is -0.457 e. The molecule has 2 amide bonds. The van der Waals surface area contributed by atoms with E-state index in [4.69, 9.17) is 16.3 Å². The molecule has 1 N–H and O–H groups in total. The van der Waals surface area contributed by atoms with Gasteiger partial charge in [-0.25, -0.2) is 0 Å². The molecule has 0 radical (unpaired) electrons. The fourth-order valence-corrected chi connectivity index (χ4v) is 4.32. The molecule has 34 heavy (non-hydrogen) atoms. The normalized spacial score (nSPS) is 11.6. The molecule has 3 rings (SSSR count). The molecule has 0 bridgehead atoms. The highest BCUT2D eigenvalue weighted by Crippen LogP contribution is 2.31. The van der Waals surface area contributed by atoms with E-state index in [9.17, 15) is 14.7 Å². The number of nitrogens with zero attached hydrogens (tertiary/aromatic N) is 2. The van der Waals surface area contributed by atoms with E-state index in [0.717, 1.165) is 8.95 Å². The van der Waals surface area contributed by atoms with Crippen LogP contribution in [0.15, 0.2) is 75.7 Å². The van der Waals surface area contributed by atoms with E-state index in [1.807, 2.05) is 18.2 Å². The van der Waals surface area contributed by atoms with Gasteiger partial charge in [-0.2, -0.15) is 0 Å². The third-order valence-electron chi connectivity index (χ3n) is 5.05. The zero-order valence-corrected chi connectivity index (χ0v) is 22.5. The van der Waals surface area contributed by atoms with Gasteiger partial charge in [-0.05, 0) is 42.0 Å². The Morgan fingerprint density at radius 1 is 0.971 bits per heavy atom. The van der Waals surface area contributed by atoms with Crippen LogP contribution in [-0.2, 0) is 16.1 Å². The summed E-state index contributed by atoms with van der Waals surface area (Å²) in [6.07, 6.45) is -0.938. The Balaban J connectivity index is 1.69. The number of aliphatic hydroxyl groups is 1. The van der Waals surface area contributed by atoms with Gasteiger partial charge >= 0.3 is 11.8 Å². The van der Waals surface area contributed by atoms with Crippen LogP contribution in [0.25, 0.3) is 0 Å². The first-order chi connectivity index (χ1) is 16.2. The highest BCUT2D eigenvalue weighted by molar-refractivity contribution is 9.10. The number of carbonyl (C=O) groups is 2. The smallest absolute Gasteiger partial charge is 0.312 e. The first-order valence-corrected chi connectivity index (χ1v) is 12.3. The van der Waals surface area contributed by atoms with E-state index in [0.29, 0.717) is 27.6 Å². The molecule has 6 nitrogen and oxygen atoms in total. The van der Waals surface area contributed by atoms with Crippen LogP contribution in [0.1, 0.15) is 17.2 Å². The Kier molecular flexibility index (Phi) is 9.13. The predicted octanol–water partition coefficient (Wildman–Crippen LogP) is 5.81. The Labute approximate surface area is 220 Å². The number of amides is 2. The molecule has 0 aliphatic heterocycles. The van der Waals surface area contributed by atoms with E-state index in [1.54, 1.807) is 55.6 Å². The summed E-state index contributed by atoms with van der Waals surface area (Å²) < 4.78 is 7.52. The molecule has 3 aromatic carbocycles. The second-order valence-electron chi connectivity index (χ2n) is 7.70. The van der Waals surface area contributed by atoms with Gasteiger partial charge in [-0.3, -0.25) is 9.59 Å². The molecular weight excluding hydrogens is 588 g/mol. The molecule has 9 heteroatoms. The van der Waals surface area contributed by atoms with E-state index in [-0.39, 0.29) is 13.1 Å². The number of carbonyl (C=O) groups excluding carboxylic acids is 2. The second-order valence-corrected chi connectivity index (χ2v) is 9.90. The zero-order valence-electron chi connectivity index (χ0n) is 18.5. The summed E-state index contributed by atoms with van der Waals surface area (Å²) in [6.45, 7) is 0.122. The molecule has 0 aliphatic rings. The fraction of sp³-hybridized carbons (Fsp3) is 0.200. The lowest BCUT2D eigenvalue weighted by Gasteiger charge is -2.24. The molecule has 3 aromatic rings. The topological polar surface area (TPSA) is 70.1 Å². The van der Waals surface area contributed by atoms with Gasteiger partial charge in [0.25, 0.3) is 0 Å². The van der Waals surface area contributed by atoms with Crippen molar-refractivity contribution < 1.29 is 19.4 Å². The number of rotatable bonds is 7. The summed E-state index contributed by atoms with van der Waals surface area (Å²) in [5.74, 6) is -0.333. The summed E-state index contributed by atoms with van der Waals surface area (Å²) in [5, 5.41) is 11.1. The largest absolute Gasteiger partial charge is 0.457 e. The number of hydrogen-bond donors (Lipinski definition) is 1. The summed E-state index contributed by atoms with van der Waals surface area (Å²) in [5.41, 5.74) is 1.35. The van der Waals surface area contributed by atoms with Gasteiger partial charge in [0.2, 0.25) is 0 Å². The van der Waals surface area contributed by atoms with Crippen LogP contribution in [-0.4, -0.2) is 47.4 Å². The van der Waals surface area contributed by atoms with Crippen LogP contribution < -0.4 is 4.74 Å². The minimum atomic E-state index is -0.938. The van der Waals surface area contributed by atoms with Crippen molar-refractivity contribution in [1.82, 2.24) is 9.80 Å². The van der Waals surface area contributed by atoms with Crippen molar-refractivity contribution in [3.05, 3.63) is 91.8 Å². The summed E-state index contributed by atoms with van der Waals surface area (Å²) in [7, 11) is 3.03. The van der Waals surface area contributed by atoms with Crippen molar-refractivity contribution >= 4 is 55.3 Å². The average molecular weight is 611 g/mol. The van der Waals surface area contributed by atoms with Crippen LogP contribution >= 0.6 is 43.5 Å². The Bertz CT molecular complexity index is 1190. The maximum atomic E-state index is 12.8. The molecule has 0 fully saturated rings. The van der Waals surface area contributed by atoms with E-state index in [2.05, 4.69) is 31.9 Å². The molecule has 1 atom stereocenters. The summed E-state index contributed by atoms with van der Waals surface area (Å²) >= 11 is 12.9. The summed E-state index contributed by atoms with van der Waals surface area (Å²) in [4.78, 5) is 28.1. The standard InChI is InChI=1S/C25H23Br2ClN2O4/c1-29(24(32)25(33)30(2)15-22(31)20-8-3-4-9-21(20)27)14-16-10-11-17(26)12-23(16)34-19-7-5-6-18(28)13-19/h3-13,22,31H,14-15H2,1-2H3. The second kappa shape index (κ2) is 11.8. The van der Waals surface area contributed by atoms with Crippen molar-refractivity contribution in [2.24, 2.45) is 0 Å². The number of aliphatic hydroxyl groups excluding tert-OH is 1. The van der Waals surface area contributed by atoms with Gasteiger partial charge in [0.15, 0.2) is 0 Å². The Morgan fingerprint density at radius 3 is 2.38 bits per heavy atom. The van der Waals surface area contributed by atoms with Crippen molar-refractivity contribution in [3.8, 4) is 11.5 Å². The van der Waals surface area contributed by atoms with Crippen molar-refractivity contribution in [1.29, 1.82) is 0 Å². The minimum absolute atomic E-state index is 0.0254. The van der Waals surface area contributed by atoms with Gasteiger partial charge in [0.05, 0.1) is 12.6 Å². The Hall–Kier alpha value is -2.39. The fourth-order valence-electron chi connectivity index (χ4n) is 3.25. The SMILES string of the molecule is CN(Cc1ccc(Br)cc1Oc1cccc(Cl)c1)C(=O)C(=O)N(C)CC(O)c1ccccc1Br. The number of likely N-dealkylation sites (N-methyl/N-ethyl adjacent to an activating group) is 2. The van der Waals surface area contributed by atoms with Crippen molar-refractivity contribution in [3.63, 3.8) is 0 Å². The van der Waals surface area contributed by atoms with Crippen LogP contribution in [0.2, 0.25) is 5.02 Å². The molecule has 0 saturated carbocycles. The van der Waals surface area contributed by atoms with Gasteiger partial charge in [0.1, 0.15) is 11.5 Å². The number of benzene rings is 3. The van der Waals surface area contributed by atoms with Crippen molar-refractivity contribution in [2.45, 2.75) is 12.6 Å². The van der Waals surface area contributed by atoms with Gasteiger partial charge in [-0.1, -0.05) is 73.8 Å². The molecule has 0 heterocycles. The lowest BCUT2D eigenvalue weighted by atomic mass is 10.1. The highest BCUT2D eigenvalue weighted by atomic mass is 79.9. The van der Waals surface area contributed by atoms with Gasteiger partial charge < -0.3 is 19.6 Å². The molecular formula is C25H23Br2ClN2O4. The lowest BCUT2D eigenvalue weighted by molar-refractivity contribution is -0.151. The monoisotopic (exact) mass is 608 g/mol. The van der Waals surface area contributed by atoms with Crippen LogP contribution in [0, 0.1) is 0 Å². The molecule has 0 saturated heterocycles. The third kappa shape index (κ3) is 6.82. The summed E-state index contributed by atoms with van der Waals surface area (Å²) in [6, 6.07) is 19.6. The van der Waals surface area contributed by atoms with Crippen molar-refractivity contribution in [2.75, 3.05) is 20.6 Å². The van der Waals surface area contributed by atoms with Crippen LogP contribution in [0.3, 0.4) is 0 Å². The van der Waals surface area contributed by atoms with Crippen LogP contribution in [0.4, 0.5) is 0 Å². The quantitative estimate of drug-likeness (QED) is 0.343. The maximum absolute atomic E-state index is 12.8. The molecule has 0 aliphatic carbocycles. The first kappa shape index (κ1) is 26.2. The van der Waals surface area contributed by atoms with Gasteiger partial charge in [-0.15, -0.1) is 0 Å². The van der Waals surface area contributed by atoms with Gasteiger partial charge in [0, 0.05) is 40.2 Å². The maximum Gasteiger partial charge on any atom is 0.312 e. The highest BCUT2D eigenvalue weighted by Gasteiger charge is 2.26. The number of hydrogen-bond acceptors (Lipinski definition) is 4. The first-order valence-electron chi connectivity index (χ1n) is 10.3. The van der Waals surface area contributed by atoms with E-state index < -0.39 is 17.9 Å².